The molecule has 0 aromatic heterocycles. The van der Waals surface area contributed by atoms with Crippen LogP contribution in [0.15, 0.2) is 46.8 Å². The van der Waals surface area contributed by atoms with Gasteiger partial charge in [0.15, 0.2) is 11.1 Å². The maximum Gasteiger partial charge on any atom is 0.350 e. The van der Waals surface area contributed by atoms with Gasteiger partial charge in [-0.15, -0.1) is 0 Å². The first kappa shape index (κ1) is 22.9. The highest BCUT2D eigenvalue weighted by atomic mass is 16.7. The van der Waals surface area contributed by atoms with Crippen molar-refractivity contribution in [2.75, 3.05) is 10.6 Å². The second kappa shape index (κ2) is 8.03. The molecule has 3 rings (SSSR count). The lowest BCUT2D eigenvalue weighted by atomic mass is 10.1. The number of hydrogen-bond acceptors (Lipinski definition) is 10. The summed E-state index contributed by atoms with van der Waals surface area (Å²) in [5.74, 6) is -5.94. The Balaban J connectivity index is 1.89. The third-order valence-electron chi connectivity index (χ3n) is 4.49. The molecule has 0 bridgehead atoms. The Bertz CT molecular complexity index is 952. The molecule has 0 aliphatic carbocycles. The van der Waals surface area contributed by atoms with Crippen LogP contribution in [0.25, 0.3) is 0 Å². The maximum atomic E-state index is 12.3. The third kappa shape index (κ3) is 4.74. The van der Waals surface area contributed by atoms with Crippen molar-refractivity contribution in [2.24, 2.45) is 0 Å². The largest absolute Gasteiger partial charge is 0.419 e. The van der Waals surface area contributed by atoms with Crippen LogP contribution in [0.4, 0.5) is 11.4 Å². The van der Waals surface area contributed by atoms with E-state index in [1.165, 1.54) is 41.5 Å². The normalized spacial score (nSPS) is 19.3. The van der Waals surface area contributed by atoms with E-state index in [1.54, 1.807) is 24.3 Å². The number of para-hydroxylation sites is 2. The van der Waals surface area contributed by atoms with Crippen LogP contribution in [0.1, 0.15) is 41.5 Å². The minimum atomic E-state index is -1.35. The number of nitrogens with one attached hydrogen (secondary N) is 2. The van der Waals surface area contributed by atoms with Crippen molar-refractivity contribution in [3.05, 3.63) is 46.8 Å². The molecule has 2 N–H and O–H groups in total. The van der Waals surface area contributed by atoms with Crippen molar-refractivity contribution in [2.45, 2.75) is 53.1 Å². The predicted octanol–water partition coefficient (Wildman–Crippen LogP) is 2.73. The highest BCUT2D eigenvalue weighted by Gasteiger charge is 2.41. The number of hydrogen-bond donors (Lipinski definition) is 2. The first-order valence-electron chi connectivity index (χ1n) is 9.78. The molecule has 2 aliphatic heterocycles. The summed E-state index contributed by atoms with van der Waals surface area (Å²) < 4.78 is 20.5. The molecule has 0 radical (unpaired) electrons. The Morgan fingerprint density at radius 1 is 0.625 bits per heavy atom. The molecule has 2 aliphatic rings. The molecule has 10 heteroatoms. The molecule has 0 amide bonds. The number of anilines is 2. The van der Waals surface area contributed by atoms with Crippen LogP contribution in [-0.4, -0.2) is 35.5 Å². The van der Waals surface area contributed by atoms with Gasteiger partial charge in [-0.1, -0.05) is 12.1 Å². The fraction of sp³-hybridized carbons (Fsp3) is 0.364. The van der Waals surface area contributed by atoms with E-state index in [1.807, 2.05) is 0 Å². The van der Waals surface area contributed by atoms with E-state index in [0.29, 0.717) is 11.4 Å². The number of benzene rings is 1. The molecular formula is C22H24N2O8. The first-order valence-corrected chi connectivity index (χ1v) is 9.78. The summed E-state index contributed by atoms with van der Waals surface area (Å²) in [5, 5.41) is 5.95. The van der Waals surface area contributed by atoms with Gasteiger partial charge in [-0.2, -0.15) is 0 Å². The van der Waals surface area contributed by atoms with Crippen molar-refractivity contribution >= 4 is 35.3 Å². The lowest BCUT2D eigenvalue weighted by Gasteiger charge is -2.31. The Morgan fingerprint density at radius 2 is 0.906 bits per heavy atom. The van der Waals surface area contributed by atoms with E-state index < -0.39 is 35.5 Å². The molecule has 170 valence electrons. The van der Waals surface area contributed by atoms with Crippen molar-refractivity contribution in [3.8, 4) is 0 Å². The van der Waals surface area contributed by atoms with Crippen LogP contribution in [0.5, 0.6) is 0 Å². The topological polar surface area (TPSA) is 129 Å². The van der Waals surface area contributed by atoms with Crippen molar-refractivity contribution in [1.29, 1.82) is 0 Å². The van der Waals surface area contributed by atoms with Crippen LogP contribution in [0, 0.1) is 0 Å². The summed E-state index contributed by atoms with van der Waals surface area (Å²) in [6.45, 7) is 8.88. The lowest BCUT2D eigenvalue weighted by molar-refractivity contribution is -0.224. The van der Waals surface area contributed by atoms with E-state index >= 15 is 0 Å². The molecule has 0 atom stereocenters. The molecule has 0 unspecified atom stereocenters. The molecule has 0 saturated carbocycles. The van der Waals surface area contributed by atoms with E-state index in [-0.39, 0.29) is 22.5 Å². The summed E-state index contributed by atoms with van der Waals surface area (Å²) in [7, 11) is 0. The molecule has 2 heterocycles. The molecule has 2 saturated heterocycles. The zero-order chi connectivity index (χ0) is 23.8. The fourth-order valence-electron chi connectivity index (χ4n) is 3.15. The number of ether oxygens (including phenoxy) is 4. The Morgan fingerprint density at radius 3 is 1.19 bits per heavy atom. The van der Waals surface area contributed by atoms with Gasteiger partial charge in [-0.05, 0) is 26.0 Å². The van der Waals surface area contributed by atoms with Crippen molar-refractivity contribution < 1.29 is 38.1 Å². The van der Waals surface area contributed by atoms with Gasteiger partial charge >= 0.3 is 23.9 Å². The number of allylic oxidation sites excluding steroid dienone is 2. The van der Waals surface area contributed by atoms with Crippen LogP contribution in [0.3, 0.4) is 0 Å². The summed E-state index contributed by atoms with van der Waals surface area (Å²) in [5.41, 5.74) is 0.787. The van der Waals surface area contributed by atoms with E-state index in [4.69, 9.17) is 18.9 Å². The van der Waals surface area contributed by atoms with Gasteiger partial charge in [-0.3, -0.25) is 0 Å². The number of rotatable bonds is 4. The molecule has 10 nitrogen and oxygen atoms in total. The number of esters is 4. The number of carbonyl (C=O) groups is 4. The summed E-state index contributed by atoms with van der Waals surface area (Å²) >= 11 is 0. The van der Waals surface area contributed by atoms with Gasteiger partial charge in [0, 0.05) is 39.1 Å². The average Bonchev–Trinajstić information content (AvgIpc) is 2.59. The van der Waals surface area contributed by atoms with Crippen LogP contribution in [-0.2, 0) is 38.1 Å². The highest BCUT2D eigenvalue weighted by Crippen LogP contribution is 2.30. The monoisotopic (exact) mass is 444 g/mol. The van der Waals surface area contributed by atoms with Gasteiger partial charge < -0.3 is 29.6 Å². The van der Waals surface area contributed by atoms with Gasteiger partial charge in [0.1, 0.15) is 0 Å². The quantitative estimate of drug-likeness (QED) is 0.406. The summed E-state index contributed by atoms with van der Waals surface area (Å²) in [4.78, 5) is 49.2. The third-order valence-corrected chi connectivity index (χ3v) is 4.49. The zero-order valence-electron chi connectivity index (χ0n) is 18.6. The molecule has 2 fully saturated rings. The smallest absolute Gasteiger partial charge is 0.350 e. The highest BCUT2D eigenvalue weighted by molar-refractivity contribution is 6.17. The van der Waals surface area contributed by atoms with E-state index in [0.717, 1.165) is 0 Å². The summed E-state index contributed by atoms with van der Waals surface area (Å²) in [6, 6.07) is 6.79. The van der Waals surface area contributed by atoms with Crippen molar-refractivity contribution in [1.82, 2.24) is 0 Å². The standard InChI is InChI=1S/C22H24N2O8/c1-11(15-17(25)29-21(3,4)30-18(15)26)23-13-9-7-8-10-14(13)24-12(2)16-19(27)31-22(5,6)32-20(16)28/h7-10,23-24H,1-6H3. The molecule has 32 heavy (non-hydrogen) atoms. The van der Waals surface area contributed by atoms with Crippen LogP contribution >= 0.6 is 0 Å². The lowest BCUT2D eigenvalue weighted by Crippen LogP contribution is -2.42. The molecule has 1 aromatic carbocycles. The van der Waals surface area contributed by atoms with Gasteiger partial charge in [0.2, 0.25) is 0 Å². The minimum absolute atomic E-state index is 0.202. The Labute approximate surface area is 184 Å². The zero-order valence-corrected chi connectivity index (χ0v) is 18.6. The van der Waals surface area contributed by atoms with Crippen molar-refractivity contribution in [3.63, 3.8) is 0 Å². The molecular weight excluding hydrogens is 420 g/mol. The second-order valence-electron chi connectivity index (χ2n) is 8.15. The van der Waals surface area contributed by atoms with E-state index in [2.05, 4.69) is 10.6 Å². The molecule has 1 aromatic rings. The fourth-order valence-corrected chi connectivity index (χ4v) is 3.15. The minimum Gasteiger partial charge on any atom is -0.419 e. The van der Waals surface area contributed by atoms with Crippen LogP contribution < -0.4 is 10.6 Å². The maximum absolute atomic E-state index is 12.3. The Hall–Kier alpha value is -3.82. The summed E-state index contributed by atoms with van der Waals surface area (Å²) in [6.07, 6.45) is 0. The first-order chi connectivity index (χ1) is 14.8. The van der Waals surface area contributed by atoms with Crippen LogP contribution in [0.2, 0.25) is 0 Å². The number of carbonyl (C=O) groups excluding carboxylic acids is 4. The van der Waals surface area contributed by atoms with Gasteiger partial charge in [-0.25, -0.2) is 19.2 Å². The average molecular weight is 444 g/mol. The second-order valence-corrected chi connectivity index (χ2v) is 8.15. The van der Waals surface area contributed by atoms with Gasteiger partial charge in [0.05, 0.1) is 11.4 Å². The van der Waals surface area contributed by atoms with E-state index in [9.17, 15) is 19.2 Å². The molecule has 0 spiro atoms. The number of cyclic esters (lactones) is 4. The Kier molecular flexibility index (Phi) is 5.73. The SMILES string of the molecule is CC(Nc1ccccc1NC(C)=C1C(=O)OC(C)(C)OC1=O)=C1C(=O)OC(C)(C)OC1=O. The predicted molar refractivity (Wildman–Crippen MR) is 112 cm³/mol. The van der Waals surface area contributed by atoms with Gasteiger partial charge in [0.25, 0.3) is 11.6 Å².